The Balaban J connectivity index is 0.000000260. The van der Waals surface area contributed by atoms with Gasteiger partial charge in [-0.3, -0.25) is 4.79 Å². The van der Waals surface area contributed by atoms with Crippen LogP contribution in [0.2, 0.25) is 0 Å². The number of hydrogen-bond donors (Lipinski definition) is 4. The van der Waals surface area contributed by atoms with E-state index in [0.717, 1.165) is 0 Å². The summed E-state index contributed by atoms with van der Waals surface area (Å²) in [6.45, 7) is 0. The van der Waals surface area contributed by atoms with E-state index in [4.69, 9.17) is 21.1 Å². The van der Waals surface area contributed by atoms with E-state index in [1.165, 1.54) is 36.4 Å². The van der Waals surface area contributed by atoms with Crippen molar-refractivity contribution < 1.29 is 33.7 Å². The van der Waals surface area contributed by atoms with Crippen LogP contribution in [0.3, 0.4) is 0 Å². The van der Waals surface area contributed by atoms with Crippen LogP contribution in [0.15, 0.2) is 48.5 Å². The van der Waals surface area contributed by atoms with E-state index in [-0.39, 0.29) is 18.7 Å². The average Bonchev–Trinajstić information content (AvgIpc) is 2.55. The molecule has 0 amide bonds. The standard InChI is InChI=1S/C9H10FNO2.C9H9FO3/c2*10-7-3-1-2-6(4-7)5-8(11)9(12)13/h1-4,8H,5,11H2,(H,12,13);1-4,8,11H,5H2,(H,12,13)/t2*8-/m11/s1. The number of carboxylic acids is 2. The van der Waals surface area contributed by atoms with E-state index >= 15 is 0 Å². The van der Waals surface area contributed by atoms with Crippen LogP contribution in [-0.4, -0.2) is 39.4 Å². The molecule has 0 aliphatic carbocycles. The normalized spacial score (nSPS) is 12.5. The SMILES string of the molecule is N[C@H](Cc1cccc(F)c1)C(=O)O.O=C(O)[C@H](O)Cc1cccc(F)c1. The molecule has 26 heavy (non-hydrogen) atoms. The largest absolute Gasteiger partial charge is 0.480 e. The van der Waals surface area contributed by atoms with Crippen LogP contribution in [0.5, 0.6) is 0 Å². The van der Waals surface area contributed by atoms with E-state index in [2.05, 4.69) is 0 Å². The van der Waals surface area contributed by atoms with Gasteiger partial charge in [0.2, 0.25) is 0 Å². The highest BCUT2D eigenvalue weighted by atomic mass is 19.1. The monoisotopic (exact) mass is 367 g/mol. The highest BCUT2D eigenvalue weighted by Crippen LogP contribution is 2.07. The fraction of sp³-hybridized carbons (Fsp3) is 0.222. The Morgan fingerprint density at radius 3 is 1.73 bits per heavy atom. The molecule has 0 saturated carbocycles. The molecule has 0 heterocycles. The lowest BCUT2D eigenvalue weighted by Crippen LogP contribution is -2.32. The summed E-state index contributed by atoms with van der Waals surface area (Å²) in [5.74, 6) is -3.20. The number of aliphatic hydroxyl groups is 1. The van der Waals surface area contributed by atoms with Crippen molar-refractivity contribution in [3.63, 3.8) is 0 Å². The molecule has 2 aromatic rings. The number of halogens is 2. The number of aliphatic carboxylic acids is 2. The van der Waals surface area contributed by atoms with E-state index in [9.17, 15) is 18.4 Å². The second kappa shape index (κ2) is 10.2. The quantitative estimate of drug-likeness (QED) is 0.615. The molecule has 0 aromatic heterocycles. The lowest BCUT2D eigenvalue weighted by Gasteiger charge is -2.05. The molecule has 2 aromatic carbocycles. The van der Waals surface area contributed by atoms with Crippen molar-refractivity contribution in [2.45, 2.75) is 25.0 Å². The summed E-state index contributed by atoms with van der Waals surface area (Å²) in [5, 5.41) is 25.8. The van der Waals surface area contributed by atoms with Gasteiger partial charge in [0.15, 0.2) is 6.10 Å². The Kier molecular flexibility index (Phi) is 8.33. The third-order valence-electron chi connectivity index (χ3n) is 3.26. The number of carbonyl (C=O) groups is 2. The molecule has 2 atom stereocenters. The molecule has 0 fully saturated rings. The Morgan fingerprint density at radius 1 is 0.885 bits per heavy atom. The van der Waals surface area contributed by atoms with E-state index in [0.29, 0.717) is 11.1 Å². The van der Waals surface area contributed by atoms with Crippen LogP contribution >= 0.6 is 0 Å². The molecular weight excluding hydrogens is 348 g/mol. The van der Waals surface area contributed by atoms with Gasteiger partial charge < -0.3 is 21.1 Å². The minimum absolute atomic E-state index is 0.0763. The van der Waals surface area contributed by atoms with Gasteiger partial charge in [0.1, 0.15) is 17.7 Å². The number of benzene rings is 2. The third kappa shape index (κ3) is 7.82. The summed E-state index contributed by atoms with van der Waals surface area (Å²) >= 11 is 0. The van der Waals surface area contributed by atoms with Crippen molar-refractivity contribution >= 4 is 11.9 Å². The van der Waals surface area contributed by atoms with Gasteiger partial charge in [0.25, 0.3) is 0 Å². The second-order valence-corrected chi connectivity index (χ2v) is 5.47. The summed E-state index contributed by atoms with van der Waals surface area (Å²) in [6, 6.07) is 10.3. The highest BCUT2D eigenvalue weighted by Gasteiger charge is 2.13. The van der Waals surface area contributed by atoms with Crippen molar-refractivity contribution in [1.82, 2.24) is 0 Å². The van der Waals surface area contributed by atoms with Crippen molar-refractivity contribution in [2.75, 3.05) is 0 Å². The number of nitrogens with two attached hydrogens (primary N) is 1. The first-order valence-corrected chi connectivity index (χ1v) is 7.57. The van der Waals surface area contributed by atoms with Crippen LogP contribution in [0.4, 0.5) is 8.78 Å². The molecule has 0 bridgehead atoms. The lowest BCUT2D eigenvalue weighted by molar-refractivity contribution is -0.146. The Hall–Kier alpha value is -2.84. The summed E-state index contributed by atoms with van der Waals surface area (Å²) in [6.07, 6.45) is -1.40. The van der Waals surface area contributed by atoms with Gasteiger partial charge in [-0.15, -0.1) is 0 Å². The first-order chi connectivity index (χ1) is 12.2. The van der Waals surface area contributed by atoms with Gasteiger partial charge in [0.05, 0.1) is 0 Å². The van der Waals surface area contributed by atoms with E-state index in [1.807, 2.05) is 0 Å². The molecule has 2 rings (SSSR count). The zero-order valence-electron chi connectivity index (χ0n) is 13.7. The Labute approximate surface area is 148 Å². The Morgan fingerprint density at radius 2 is 1.35 bits per heavy atom. The minimum Gasteiger partial charge on any atom is -0.480 e. The summed E-state index contributed by atoms with van der Waals surface area (Å²) in [7, 11) is 0. The smallest absolute Gasteiger partial charge is 0.332 e. The Bertz CT molecular complexity index is 690. The molecule has 5 N–H and O–H groups in total. The maximum atomic E-state index is 12.6. The molecule has 0 unspecified atom stereocenters. The predicted molar refractivity (Wildman–Crippen MR) is 89.5 cm³/mol. The second-order valence-electron chi connectivity index (χ2n) is 5.47. The van der Waals surface area contributed by atoms with Crippen LogP contribution in [-0.2, 0) is 22.4 Å². The maximum absolute atomic E-state index is 12.6. The molecular formula is C18H19F2NO5. The number of rotatable bonds is 6. The molecule has 6 nitrogen and oxygen atoms in total. The molecule has 140 valence electrons. The lowest BCUT2D eigenvalue weighted by atomic mass is 10.1. The molecule has 0 aliphatic heterocycles. The molecule has 0 aliphatic rings. The van der Waals surface area contributed by atoms with E-state index in [1.54, 1.807) is 12.1 Å². The van der Waals surface area contributed by atoms with Crippen LogP contribution in [0.25, 0.3) is 0 Å². The van der Waals surface area contributed by atoms with Gasteiger partial charge in [-0.05, 0) is 41.8 Å². The summed E-state index contributed by atoms with van der Waals surface area (Å²) in [4.78, 5) is 20.6. The minimum atomic E-state index is -1.47. The molecule has 0 radical (unpaired) electrons. The van der Waals surface area contributed by atoms with Gasteiger partial charge in [-0.2, -0.15) is 0 Å². The zero-order valence-corrected chi connectivity index (χ0v) is 13.7. The van der Waals surface area contributed by atoms with Gasteiger partial charge >= 0.3 is 11.9 Å². The fourth-order valence-electron chi connectivity index (χ4n) is 1.98. The van der Waals surface area contributed by atoms with Gasteiger partial charge in [-0.1, -0.05) is 24.3 Å². The van der Waals surface area contributed by atoms with Crippen LogP contribution in [0.1, 0.15) is 11.1 Å². The summed E-state index contributed by atoms with van der Waals surface area (Å²) < 4.78 is 25.2. The zero-order chi connectivity index (χ0) is 19.7. The van der Waals surface area contributed by atoms with Gasteiger partial charge in [0, 0.05) is 6.42 Å². The van der Waals surface area contributed by atoms with Crippen molar-refractivity contribution in [3.05, 3.63) is 71.3 Å². The van der Waals surface area contributed by atoms with Crippen LogP contribution in [0, 0.1) is 11.6 Å². The number of aliphatic hydroxyl groups excluding tert-OH is 1. The number of hydrogen-bond acceptors (Lipinski definition) is 4. The topological polar surface area (TPSA) is 121 Å². The molecule has 8 heteroatoms. The third-order valence-corrected chi connectivity index (χ3v) is 3.26. The highest BCUT2D eigenvalue weighted by molar-refractivity contribution is 5.73. The predicted octanol–water partition coefficient (Wildman–Crippen LogP) is 1.59. The summed E-state index contributed by atoms with van der Waals surface area (Å²) in [5.41, 5.74) is 6.34. The van der Waals surface area contributed by atoms with Crippen LogP contribution < -0.4 is 5.73 Å². The maximum Gasteiger partial charge on any atom is 0.332 e. The first-order valence-electron chi connectivity index (χ1n) is 7.57. The van der Waals surface area contributed by atoms with Crippen molar-refractivity contribution in [2.24, 2.45) is 5.73 Å². The first kappa shape index (κ1) is 21.2. The molecule has 0 spiro atoms. The average molecular weight is 367 g/mol. The van der Waals surface area contributed by atoms with E-state index < -0.39 is 29.9 Å². The van der Waals surface area contributed by atoms with Crippen molar-refractivity contribution in [3.8, 4) is 0 Å². The number of carboxylic acid groups (broad SMARTS) is 2. The fourth-order valence-corrected chi connectivity index (χ4v) is 1.98. The molecule has 0 saturated heterocycles. The van der Waals surface area contributed by atoms with Crippen molar-refractivity contribution in [1.29, 1.82) is 0 Å². The van der Waals surface area contributed by atoms with Gasteiger partial charge in [-0.25, -0.2) is 13.6 Å².